The lowest BCUT2D eigenvalue weighted by Crippen LogP contribution is -2.23. The minimum absolute atomic E-state index is 0.455. The maximum absolute atomic E-state index is 5.73. The lowest BCUT2D eigenvalue weighted by atomic mass is 9.93. The highest BCUT2D eigenvalue weighted by molar-refractivity contribution is 5.37. The van der Waals surface area contributed by atoms with Crippen LogP contribution in [0, 0.1) is 0 Å². The zero-order chi connectivity index (χ0) is 14.1. The van der Waals surface area contributed by atoms with E-state index in [9.17, 15) is 0 Å². The van der Waals surface area contributed by atoms with Gasteiger partial charge in [-0.2, -0.15) is 5.10 Å². The van der Waals surface area contributed by atoms with Crippen LogP contribution in [0.5, 0.6) is 5.75 Å². The molecule has 1 aliphatic heterocycles. The third-order valence-corrected chi connectivity index (χ3v) is 4.30. The second kappa shape index (κ2) is 5.48. The van der Waals surface area contributed by atoms with Crippen molar-refractivity contribution in [3.8, 4) is 5.75 Å². The molecule has 2 aromatic rings. The molecule has 21 heavy (non-hydrogen) atoms. The minimum atomic E-state index is 0.455. The molecule has 2 heterocycles. The first-order valence-corrected chi connectivity index (χ1v) is 7.72. The number of nitrogens with zero attached hydrogens (tertiary/aromatic N) is 3. The highest BCUT2D eigenvalue weighted by atomic mass is 16.5. The van der Waals surface area contributed by atoms with Crippen LogP contribution >= 0.6 is 0 Å². The molecule has 1 N–H and O–H groups in total. The Hall–Kier alpha value is -1.88. The van der Waals surface area contributed by atoms with Gasteiger partial charge in [0, 0.05) is 12.0 Å². The molecule has 5 nitrogen and oxygen atoms in total. The van der Waals surface area contributed by atoms with E-state index in [1.807, 2.05) is 10.7 Å². The van der Waals surface area contributed by atoms with E-state index in [-0.39, 0.29) is 0 Å². The summed E-state index contributed by atoms with van der Waals surface area (Å²) < 4.78 is 7.78. The average molecular weight is 284 g/mol. The van der Waals surface area contributed by atoms with Gasteiger partial charge in [-0.1, -0.05) is 18.2 Å². The monoisotopic (exact) mass is 284 g/mol. The number of benzene rings is 1. The van der Waals surface area contributed by atoms with Gasteiger partial charge in [-0.25, -0.2) is 9.67 Å². The van der Waals surface area contributed by atoms with E-state index in [2.05, 4.69) is 33.6 Å². The van der Waals surface area contributed by atoms with Crippen molar-refractivity contribution >= 4 is 0 Å². The fourth-order valence-electron chi connectivity index (χ4n) is 2.91. The Kier molecular flexibility index (Phi) is 3.35. The fraction of sp³-hybridized carbons (Fsp3) is 0.500. The number of para-hydroxylation sites is 1. The first-order valence-electron chi connectivity index (χ1n) is 7.72. The zero-order valence-corrected chi connectivity index (χ0v) is 12.0. The standard InChI is InChI=1S/C16H20N4O/c1-2-4-15-14(3-1)12(7-8-21-15)10-20-16(18-11-19-20)9-17-13-5-6-13/h1-4,11-13,17H,5-10H2. The summed E-state index contributed by atoms with van der Waals surface area (Å²) in [5.74, 6) is 2.51. The van der Waals surface area contributed by atoms with Crippen LogP contribution in [0.2, 0.25) is 0 Å². The Morgan fingerprint density at radius 1 is 1.24 bits per heavy atom. The molecule has 0 amide bonds. The summed E-state index contributed by atoms with van der Waals surface area (Å²) in [6.45, 7) is 2.48. The summed E-state index contributed by atoms with van der Waals surface area (Å²) >= 11 is 0. The second-order valence-electron chi connectivity index (χ2n) is 5.89. The Morgan fingerprint density at radius 3 is 3.05 bits per heavy atom. The zero-order valence-electron chi connectivity index (χ0n) is 12.0. The highest BCUT2D eigenvalue weighted by Crippen LogP contribution is 2.34. The molecule has 1 atom stereocenters. The van der Waals surface area contributed by atoms with Crippen LogP contribution < -0.4 is 10.1 Å². The van der Waals surface area contributed by atoms with Crippen molar-refractivity contribution in [3.05, 3.63) is 42.0 Å². The van der Waals surface area contributed by atoms with Crippen LogP contribution in [0.25, 0.3) is 0 Å². The lowest BCUT2D eigenvalue weighted by molar-refractivity contribution is 0.255. The number of hydrogen-bond donors (Lipinski definition) is 1. The van der Waals surface area contributed by atoms with Gasteiger partial charge in [0.1, 0.15) is 17.9 Å². The quantitative estimate of drug-likeness (QED) is 0.913. The van der Waals surface area contributed by atoms with E-state index in [0.717, 1.165) is 37.7 Å². The van der Waals surface area contributed by atoms with Crippen LogP contribution in [0.15, 0.2) is 30.6 Å². The van der Waals surface area contributed by atoms with E-state index < -0.39 is 0 Å². The molecule has 1 aromatic heterocycles. The summed E-state index contributed by atoms with van der Waals surface area (Å²) in [5.41, 5.74) is 1.29. The first-order chi connectivity index (χ1) is 10.4. The smallest absolute Gasteiger partial charge is 0.140 e. The third-order valence-electron chi connectivity index (χ3n) is 4.30. The number of rotatable bonds is 5. The van der Waals surface area contributed by atoms with E-state index >= 15 is 0 Å². The number of fused-ring (bicyclic) bond motifs is 1. The Labute approximate surface area is 124 Å². The van der Waals surface area contributed by atoms with Crippen LogP contribution in [-0.4, -0.2) is 27.4 Å². The summed E-state index contributed by atoms with van der Waals surface area (Å²) in [6, 6.07) is 9.02. The van der Waals surface area contributed by atoms with Gasteiger partial charge in [0.05, 0.1) is 19.7 Å². The molecule has 1 fully saturated rings. The van der Waals surface area contributed by atoms with Crippen molar-refractivity contribution in [1.29, 1.82) is 0 Å². The van der Waals surface area contributed by atoms with Crippen molar-refractivity contribution in [3.63, 3.8) is 0 Å². The van der Waals surface area contributed by atoms with Crippen LogP contribution in [0.3, 0.4) is 0 Å². The van der Waals surface area contributed by atoms with Gasteiger partial charge in [0.2, 0.25) is 0 Å². The van der Waals surface area contributed by atoms with Crippen molar-refractivity contribution < 1.29 is 4.74 Å². The predicted molar refractivity (Wildman–Crippen MR) is 79.2 cm³/mol. The molecule has 4 rings (SSSR count). The molecule has 1 aromatic carbocycles. The van der Waals surface area contributed by atoms with Crippen molar-refractivity contribution in [2.75, 3.05) is 6.61 Å². The third kappa shape index (κ3) is 2.78. The summed E-state index contributed by atoms with van der Waals surface area (Å²) in [7, 11) is 0. The molecule has 0 bridgehead atoms. The van der Waals surface area contributed by atoms with Gasteiger partial charge >= 0.3 is 0 Å². The van der Waals surface area contributed by atoms with E-state index in [0.29, 0.717) is 12.0 Å². The van der Waals surface area contributed by atoms with Gasteiger partial charge in [0.25, 0.3) is 0 Å². The van der Waals surface area contributed by atoms with Gasteiger partial charge in [-0.15, -0.1) is 0 Å². The maximum Gasteiger partial charge on any atom is 0.140 e. The van der Waals surface area contributed by atoms with Crippen LogP contribution in [0.1, 0.15) is 36.6 Å². The predicted octanol–water partition coefficient (Wildman–Crippen LogP) is 2.10. The molecular weight excluding hydrogens is 264 g/mol. The first kappa shape index (κ1) is 12.8. The molecule has 5 heteroatoms. The molecule has 0 saturated heterocycles. The molecule has 110 valence electrons. The number of nitrogens with one attached hydrogen (secondary N) is 1. The molecule has 1 unspecified atom stereocenters. The van der Waals surface area contributed by atoms with Crippen molar-refractivity contribution in [1.82, 2.24) is 20.1 Å². The van der Waals surface area contributed by atoms with Crippen molar-refractivity contribution in [2.45, 2.75) is 44.3 Å². The molecule has 2 aliphatic rings. The van der Waals surface area contributed by atoms with E-state index in [1.54, 1.807) is 6.33 Å². The van der Waals surface area contributed by atoms with Gasteiger partial charge in [-0.3, -0.25) is 0 Å². The highest BCUT2D eigenvalue weighted by Gasteiger charge is 2.24. The molecular formula is C16H20N4O. The molecule has 1 saturated carbocycles. The van der Waals surface area contributed by atoms with Gasteiger partial charge in [-0.05, 0) is 30.9 Å². The van der Waals surface area contributed by atoms with E-state index in [4.69, 9.17) is 4.74 Å². The number of aromatic nitrogens is 3. The second-order valence-corrected chi connectivity index (χ2v) is 5.89. The van der Waals surface area contributed by atoms with Gasteiger partial charge in [0.15, 0.2) is 0 Å². The molecule has 1 aliphatic carbocycles. The van der Waals surface area contributed by atoms with Gasteiger partial charge < -0.3 is 10.1 Å². The Morgan fingerprint density at radius 2 is 2.14 bits per heavy atom. The summed E-state index contributed by atoms with van der Waals surface area (Å²) in [5, 5.41) is 7.91. The molecule has 0 radical (unpaired) electrons. The van der Waals surface area contributed by atoms with Crippen molar-refractivity contribution in [2.24, 2.45) is 0 Å². The average Bonchev–Trinajstić information content (AvgIpc) is 3.25. The number of ether oxygens (including phenoxy) is 1. The Bertz CT molecular complexity index is 620. The van der Waals surface area contributed by atoms with Crippen LogP contribution in [0.4, 0.5) is 0 Å². The van der Waals surface area contributed by atoms with Crippen LogP contribution in [-0.2, 0) is 13.1 Å². The summed E-state index contributed by atoms with van der Waals surface area (Å²) in [6.07, 6.45) is 5.28. The SMILES string of the molecule is c1ccc2c(c1)OCCC2Cn1ncnc1CNC1CC1. The summed E-state index contributed by atoms with van der Waals surface area (Å²) in [4.78, 5) is 4.40. The van der Waals surface area contributed by atoms with E-state index in [1.165, 1.54) is 18.4 Å². The molecule has 0 spiro atoms. The minimum Gasteiger partial charge on any atom is -0.493 e. The number of hydrogen-bond acceptors (Lipinski definition) is 4. The maximum atomic E-state index is 5.73. The fourth-order valence-corrected chi connectivity index (χ4v) is 2.91. The topological polar surface area (TPSA) is 52.0 Å². The normalized spacial score (nSPS) is 20.9. The Balaban J connectivity index is 1.50. The lowest BCUT2D eigenvalue weighted by Gasteiger charge is -2.26. The largest absolute Gasteiger partial charge is 0.493 e.